The highest BCUT2D eigenvalue weighted by Crippen LogP contribution is 2.69. The molecular weight excluding hydrogens is 544 g/mol. The van der Waals surface area contributed by atoms with Gasteiger partial charge in [-0.05, 0) is 103 Å². The Morgan fingerprint density at radius 2 is 1.73 bits per heavy atom. The molecule has 4 saturated carbocycles. The van der Waals surface area contributed by atoms with Crippen LogP contribution in [0, 0.1) is 62.4 Å². The standard InChI is InChI=1S/C31H46N2O7S/c1-5-20-24-17-19(34)12-14-31(24,4)23-13-15-30(3)21(10-11-22(30)28(23)29(20)36)18(2)16-27(35)32-41(39,40)26-9-7-6-8-25(26)33(37)38/h6-9,18-24,28-29,34,36H,5,10-17H2,1-4H3,(H,32,35)/t18?,19-,20-,21-,22+,23+,24+,28+,29-,30-,31-/m1/s1. The van der Waals surface area contributed by atoms with Crippen molar-refractivity contribution < 1.29 is 28.3 Å². The van der Waals surface area contributed by atoms with E-state index < -0.39 is 37.5 Å². The molecule has 4 aliphatic carbocycles. The number of nitro benzene ring substituents is 1. The van der Waals surface area contributed by atoms with Crippen molar-refractivity contribution >= 4 is 21.6 Å². The number of nitro groups is 1. The van der Waals surface area contributed by atoms with E-state index in [4.69, 9.17) is 0 Å². The summed E-state index contributed by atoms with van der Waals surface area (Å²) in [5.41, 5.74) is -0.513. The second kappa shape index (κ2) is 10.9. The molecule has 0 saturated heterocycles. The normalized spacial score (nSPS) is 41.0. The van der Waals surface area contributed by atoms with Gasteiger partial charge in [0.15, 0.2) is 4.90 Å². The maximum absolute atomic E-state index is 13.0. The summed E-state index contributed by atoms with van der Waals surface area (Å²) in [4.78, 5) is 23.1. The quantitative estimate of drug-likeness (QED) is 0.297. The molecule has 4 fully saturated rings. The van der Waals surface area contributed by atoms with Crippen molar-refractivity contribution in [2.45, 2.75) is 103 Å². The molecule has 1 aromatic carbocycles. The number of benzene rings is 1. The average molecular weight is 591 g/mol. The van der Waals surface area contributed by atoms with Gasteiger partial charge in [-0.25, -0.2) is 13.1 Å². The number of para-hydroxylation sites is 1. The summed E-state index contributed by atoms with van der Waals surface area (Å²) in [6, 6.07) is 5.02. The zero-order chi connectivity index (χ0) is 29.9. The number of rotatable bonds is 7. The lowest BCUT2D eigenvalue weighted by Crippen LogP contribution is -2.62. The number of carbonyl (C=O) groups excluding carboxylic acids is 1. The molecule has 228 valence electrons. The van der Waals surface area contributed by atoms with Gasteiger partial charge in [0.05, 0.1) is 17.1 Å². The number of carbonyl (C=O) groups is 1. The summed E-state index contributed by atoms with van der Waals surface area (Å²) in [6.07, 6.45) is 6.79. The SMILES string of the molecule is CC[C@H]1[C@@H](O)[C@@H]2[C@H](CC[C@]3(C)[C@@H](C(C)CC(=O)NS(=O)(=O)c4ccccc4[N+](=O)[O-])CC[C@@H]23)[C@@]2(C)CC[C@@H](O)C[C@@H]12. The van der Waals surface area contributed by atoms with Crippen LogP contribution in [0.5, 0.6) is 0 Å². The van der Waals surface area contributed by atoms with E-state index in [0.717, 1.165) is 63.5 Å². The van der Waals surface area contributed by atoms with Crippen LogP contribution in [0.15, 0.2) is 29.2 Å². The highest BCUT2D eigenvalue weighted by Gasteiger charge is 2.64. The first-order chi connectivity index (χ1) is 19.2. The number of nitrogens with one attached hydrogen (secondary N) is 1. The third kappa shape index (κ3) is 5.01. The van der Waals surface area contributed by atoms with Crippen molar-refractivity contribution in [2.24, 2.45) is 52.3 Å². The summed E-state index contributed by atoms with van der Waals surface area (Å²) >= 11 is 0. The molecule has 5 rings (SSSR count). The zero-order valence-corrected chi connectivity index (χ0v) is 25.5. The number of sulfonamides is 1. The van der Waals surface area contributed by atoms with Gasteiger partial charge in [-0.3, -0.25) is 14.9 Å². The van der Waals surface area contributed by atoms with Gasteiger partial charge in [0.2, 0.25) is 5.91 Å². The fourth-order valence-corrected chi connectivity index (χ4v) is 11.6. The number of aliphatic hydroxyl groups is 2. The van der Waals surface area contributed by atoms with Crippen molar-refractivity contribution in [3.05, 3.63) is 34.4 Å². The van der Waals surface area contributed by atoms with Gasteiger partial charge >= 0.3 is 0 Å². The molecule has 1 aromatic rings. The molecular formula is C31H46N2O7S. The smallest absolute Gasteiger partial charge is 0.289 e. The average Bonchev–Trinajstić information content (AvgIpc) is 3.26. The molecule has 0 radical (unpaired) electrons. The van der Waals surface area contributed by atoms with E-state index in [-0.39, 0.29) is 47.0 Å². The molecule has 1 amide bonds. The lowest BCUT2D eigenvalue weighted by Gasteiger charge is -2.64. The molecule has 0 spiro atoms. The van der Waals surface area contributed by atoms with Gasteiger partial charge < -0.3 is 10.2 Å². The second-order valence-corrected chi connectivity index (χ2v) is 15.7. The Labute approximate surface area is 243 Å². The Morgan fingerprint density at radius 3 is 2.41 bits per heavy atom. The fourth-order valence-electron chi connectivity index (χ4n) is 10.4. The van der Waals surface area contributed by atoms with Gasteiger partial charge in [-0.1, -0.05) is 46.2 Å². The predicted octanol–water partition coefficient (Wildman–Crippen LogP) is 5.05. The number of hydrogen-bond acceptors (Lipinski definition) is 7. The number of fused-ring (bicyclic) bond motifs is 5. The predicted molar refractivity (Wildman–Crippen MR) is 154 cm³/mol. The van der Waals surface area contributed by atoms with Crippen LogP contribution in [0.3, 0.4) is 0 Å². The molecule has 1 unspecified atom stereocenters. The van der Waals surface area contributed by atoms with Crippen LogP contribution < -0.4 is 4.72 Å². The van der Waals surface area contributed by atoms with Gasteiger partial charge in [0.25, 0.3) is 15.7 Å². The van der Waals surface area contributed by atoms with Crippen LogP contribution in [0.2, 0.25) is 0 Å². The second-order valence-electron chi connectivity index (χ2n) is 14.1. The maximum Gasteiger partial charge on any atom is 0.289 e. The summed E-state index contributed by atoms with van der Waals surface area (Å²) in [6.45, 7) is 8.90. The minimum absolute atomic E-state index is 0.0126. The lowest BCUT2D eigenvalue weighted by molar-refractivity contribution is -0.387. The van der Waals surface area contributed by atoms with E-state index >= 15 is 0 Å². The topological polar surface area (TPSA) is 147 Å². The largest absolute Gasteiger partial charge is 0.393 e. The molecule has 11 atom stereocenters. The molecule has 41 heavy (non-hydrogen) atoms. The van der Waals surface area contributed by atoms with E-state index in [1.165, 1.54) is 12.1 Å². The molecule has 4 aliphatic rings. The third-order valence-electron chi connectivity index (χ3n) is 12.3. The molecule has 9 nitrogen and oxygen atoms in total. The van der Waals surface area contributed by atoms with E-state index in [0.29, 0.717) is 17.8 Å². The van der Waals surface area contributed by atoms with Crippen LogP contribution in [0.4, 0.5) is 5.69 Å². The highest BCUT2D eigenvalue weighted by atomic mass is 32.2. The van der Waals surface area contributed by atoms with Gasteiger partial charge in [-0.2, -0.15) is 0 Å². The van der Waals surface area contributed by atoms with Crippen LogP contribution in [0.1, 0.15) is 85.5 Å². The fraction of sp³-hybridized carbons (Fsp3) is 0.774. The third-order valence-corrected chi connectivity index (χ3v) is 13.7. The molecule has 0 bridgehead atoms. The van der Waals surface area contributed by atoms with Crippen LogP contribution >= 0.6 is 0 Å². The monoisotopic (exact) mass is 590 g/mol. The Balaban J connectivity index is 1.32. The Morgan fingerprint density at radius 1 is 1.07 bits per heavy atom. The van der Waals surface area contributed by atoms with Gasteiger partial charge in [0, 0.05) is 12.5 Å². The highest BCUT2D eigenvalue weighted by molar-refractivity contribution is 7.90. The first kappa shape index (κ1) is 30.4. The van der Waals surface area contributed by atoms with E-state index in [1.807, 2.05) is 6.92 Å². The summed E-state index contributed by atoms with van der Waals surface area (Å²) in [5.74, 6) is 0.919. The van der Waals surface area contributed by atoms with E-state index in [1.54, 1.807) is 0 Å². The Hall–Kier alpha value is -2.04. The molecule has 0 heterocycles. The zero-order valence-electron chi connectivity index (χ0n) is 24.7. The van der Waals surface area contributed by atoms with Crippen LogP contribution in [0.25, 0.3) is 0 Å². The van der Waals surface area contributed by atoms with Crippen molar-refractivity contribution in [1.82, 2.24) is 4.72 Å². The van der Waals surface area contributed by atoms with E-state index in [2.05, 4.69) is 25.5 Å². The summed E-state index contributed by atoms with van der Waals surface area (Å²) in [5, 5.41) is 33.7. The minimum Gasteiger partial charge on any atom is -0.393 e. The van der Waals surface area contributed by atoms with Crippen molar-refractivity contribution in [3.8, 4) is 0 Å². The van der Waals surface area contributed by atoms with Crippen molar-refractivity contribution in [3.63, 3.8) is 0 Å². The maximum atomic E-state index is 13.0. The van der Waals surface area contributed by atoms with Crippen molar-refractivity contribution in [2.75, 3.05) is 0 Å². The molecule has 0 aromatic heterocycles. The summed E-state index contributed by atoms with van der Waals surface area (Å²) in [7, 11) is -4.39. The Kier molecular flexibility index (Phi) is 8.09. The molecule has 10 heteroatoms. The number of amides is 1. The number of aliphatic hydroxyl groups excluding tert-OH is 2. The minimum atomic E-state index is -4.39. The van der Waals surface area contributed by atoms with Crippen LogP contribution in [-0.2, 0) is 14.8 Å². The number of nitrogens with zero attached hydrogens (tertiary/aromatic N) is 1. The van der Waals surface area contributed by atoms with Crippen LogP contribution in [-0.4, -0.2) is 41.7 Å². The first-order valence-electron chi connectivity index (χ1n) is 15.4. The lowest BCUT2D eigenvalue weighted by atomic mass is 9.41. The number of hydrogen-bond donors (Lipinski definition) is 3. The Bertz CT molecular complexity index is 1290. The van der Waals surface area contributed by atoms with Gasteiger partial charge in [-0.15, -0.1) is 0 Å². The first-order valence-corrected chi connectivity index (χ1v) is 16.9. The van der Waals surface area contributed by atoms with Gasteiger partial charge in [0.1, 0.15) is 0 Å². The summed E-state index contributed by atoms with van der Waals surface area (Å²) < 4.78 is 27.9. The molecule has 0 aliphatic heterocycles. The van der Waals surface area contributed by atoms with E-state index in [9.17, 15) is 33.5 Å². The van der Waals surface area contributed by atoms with Crippen molar-refractivity contribution in [1.29, 1.82) is 0 Å². The molecule has 3 N–H and O–H groups in total.